The van der Waals surface area contributed by atoms with Gasteiger partial charge in [-0.1, -0.05) is 13.0 Å². The molecule has 1 aromatic carbocycles. The van der Waals surface area contributed by atoms with Crippen molar-refractivity contribution in [2.75, 3.05) is 28.7 Å². The van der Waals surface area contributed by atoms with Crippen molar-refractivity contribution in [3.63, 3.8) is 0 Å². The molecule has 0 saturated carbocycles. The number of hydrogen-bond acceptors (Lipinski definition) is 6. The molecule has 0 amide bonds. The first-order chi connectivity index (χ1) is 12.3. The molecule has 0 aliphatic carbocycles. The predicted octanol–water partition coefficient (Wildman–Crippen LogP) is 3.50. The molecule has 2 N–H and O–H groups in total. The lowest BCUT2D eigenvalue weighted by Gasteiger charge is -2.16. The highest BCUT2D eigenvalue weighted by atomic mass is 32.2. The van der Waals surface area contributed by atoms with Crippen LogP contribution in [0, 0.1) is 5.82 Å². The van der Waals surface area contributed by atoms with Gasteiger partial charge in [0.1, 0.15) is 4.21 Å². The first kappa shape index (κ1) is 18.4. The van der Waals surface area contributed by atoms with E-state index >= 15 is 0 Å². The van der Waals surface area contributed by atoms with Crippen molar-refractivity contribution in [1.82, 2.24) is 0 Å². The summed E-state index contributed by atoms with van der Waals surface area (Å²) in [6.07, 6.45) is 2.85. The molecule has 2 heterocycles. The Balaban J connectivity index is 2.10. The van der Waals surface area contributed by atoms with Crippen LogP contribution in [-0.2, 0) is 14.8 Å². The van der Waals surface area contributed by atoms with Crippen LogP contribution in [0.4, 0.5) is 21.5 Å². The Kier molecular flexibility index (Phi) is 5.01. The third-order valence-electron chi connectivity index (χ3n) is 3.98. The van der Waals surface area contributed by atoms with E-state index < -0.39 is 15.8 Å². The Bertz CT molecular complexity index is 970. The average Bonchev–Trinajstić information content (AvgIpc) is 3.25. The molecule has 138 valence electrons. The zero-order valence-corrected chi connectivity index (χ0v) is 15.9. The van der Waals surface area contributed by atoms with Crippen LogP contribution in [0.3, 0.4) is 0 Å². The van der Waals surface area contributed by atoms with E-state index in [9.17, 15) is 17.6 Å². The summed E-state index contributed by atoms with van der Waals surface area (Å²) in [6, 6.07) is 4.67. The third-order valence-corrected chi connectivity index (χ3v) is 6.74. The topological polar surface area (TPSA) is 78.5 Å². The fourth-order valence-electron chi connectivity index (χ4n) is 2.56. The Hall–Kier alpha value is -2.39. The number of ketones is 1. The summed E-state index contributed by atoms with van der Waals surface area (Å²) in [5, 5.41) is 4.58. The number of nitrogens with one attached hydrogen (secondary N) is 2. The summed E-state index contributed by atoms with van der Waals surface area (Å²) in [7, 11) is -2.07. The van der Waals surface area contributed by atoms with Gasteiger partial charge >= 0.3 is 0 Å². The van der Waals surface area contributed by atoms with Gasteiger partial charge in [0, 0.05) is 19.0 Å². The molecule has 26 heavy (non-hydrogen) atoms. The Morgan fingerprint density at radius 2 is 2.27 bits per heavy atom. The standard InChI is InChI=1S/C17H18FN3O3S2/c1-3-11(22)6-7-12-13(20-26(23,24)15-5-4-8-25-15)9-14-17(16(12)18)19-10-21(14)2/h4-9,19-20H,3,10H2,1-2H3/b7-6+. The molecule has 0 spiro atoms. The second-order valence-electron chi connectivity index (χ2n) is 5.77. The van der Waals surface area contributed by atoms with Crippen molar-refractivity contribution in [3.8, 4) is 0 Å². The van der Waals surface area contributed by atoms with Crippen LogP contribution in [0.1, 0.15) is 18.9 Å². The normalized spacial score (nSPS) is 13.7. The maximum atomic E-state index is 15.0. The second-order valence-corrected chi connectivity index (χ2v) is 8.63. The van der Waals surface area contributed by atoms with Gasteiger partial charge in [0.05, 0.1) is 23.7 Å². The van der Waals surface area contributed by atoms with Crippen LogP contribution < -0.4 is 14.9 Å². The number of halogens is 1. The van der Waals surface area contributed by atoms with Crippen molar-refractivity contribution in [3.05, 3.63) is 41.0 Å². The van der Waals surface area contributed by atoms with Gasteiger partial charge in [-0.2, -0.15) is 0 Å². The molecule has 0 atom stereocenters. The SMILES string of the molecule is CCC(=O)/C=C/c1c(NS(=O)(=O)c2cccs2)cc2c(c1F)NCN2C. The van der Waals surface area contributed by atoms with Gasteiger partial charge < -0.3 is 10.2 Å². The van der Waals surface area contributed by atoms with Gasteiger partial charge in [-0.3, -0.25) is 9.52 Å². The third kappa shape index (κ3) is 3.45. The van der Waals surface area contributed by atoms with E-state index in [2.05, 4.69) is 10.0 Å². The first-order valence-corrected chi connectivity index (χ1v) is 10.3. The molecular formula is C17H18FN3O3S2. The summed E-state index contributed by atoms with van der Waals surface area (Å²) in [6.45, 7) is 2.10. The number of benzene rings is 1. The Morgan fingerprint density at radius 3 is 2.92 bits per heavy atom. The lowest BCUT2D eigenvalue weighted by atomic mass is 10.1. The largest absolute Gasteiger partial charge is 0.364 e. The number of hydrogen-bond donors (Lipinski definition) is 2. The highest BCUT2D eigenvalue weighted by Gasteiger charge is 2.26. The monoisotopic (exact) mass is 395 g/mol. The molecule has 1 aliphatic rings. The van der Waals surface area contributed by atoms with Crippen molar-refractivity contribution in [2.24, 2.45) is 0 Å². The minimum absolute atomic E-state index is 0.0217. The number of sulfonamides is 1. The summed E-state index contributed by atoms with van der Waals surface area (Å²) in [5.74, 6) is -0.780. The molecular weight excluding hydrogens is 377 g/mol. The van der Waals surface area contributed by atoms with Crippen LogP contribution in [0.2, 0.25) is 0 Å². The molecule has 0 fully saturated rings. The van der Waals surface area contributed by atoms with Gasteiger partial charge in [-0.25, -0.2) is 12.8 Å². The quantitative estimate of drug-likeness (QED) is 0.732. The van der Waals surface area contributed by atoms with Gasteiger partial charge in [-0.15, -0.1) is 11.3 Å². The van der Waals surface area contributed by atoms with E-state index in [1.165, 1.54) is 18.2 Å². The fraction of sp³-hybridized carbons (Fsp3) is 0.235. The van der Waals surface area contributed by atoms with Gasteiger partial charge in [0.2, 0.25) is 0 Å². The van der Waals surface area contributed by atoms with Crippen LogP contribution in [0.15, 0.2) is 33.9 Å². The van der Waals surface area contributed by atoms with Crippen LogP contribution >= 0.6 is 11.3 Å². The van der Waals surface area contributed by atoms with E-state index in [0.29, 0.717) is 12.4 Å². The molecule has 0 bridgehead atoms. The number of carbonyl (C=O) groups excluding carboxylic acids is 1. The Morgan fingerprint density at radius 1 is 1.50 bits per heavy atom. The van der Waals surface area contributed by atoms with E-state index in [0.717, 1.165) is 11.3 Å². The molecule has 0 saturated heterocycles. The molecule has 0 radical (unpaired) electrons. The van der Waals surface area contributed by atoms with E-state index in [4.69, 9.17) is 0 Å². The number of anilines is 3. The molecule has 1 aliphatic heterocycles. The summed E-state index contributed by atoms with van der Waals surface area (Å²) in [4.78, 5) is 13.4. The lowest BCUT2D eigenvalue weighted by Crippen LogP contribution is -2.16. The molecule has 2 aromatic rings. The predicted molar refractivity (Wildman–Crippen MR) is 103 cm³/mol. The summed E-state index contributed by atoms with van der Waals surface area (Å²) < 4.78 is 42.7. The minimum atomic E-state index is -3.84. The highest BCUT2D eigenvalue weighted by molar-refractivity contribution is 7.94. The van der Waals surface area contributed by atoms with Crippen molar-refractivity contribution in [1.29, 1.82) is 0 Å². The van der Waals surface area contributed by atoms with Gasteiger partial charge in [0.25, 0.3) is 10.0 Å². The number of allylic oxidation sites excluding steroid dienone is 1. The van der Waals surface area contributed by atoms with Crippen molar-refractivity contribution in [2.45, 2.75) is 17.6 Å². The number of rotatable bonds is 6. The molecule has 9 heteroatoms. The minimum Gasteiger partial charge on any atom is -0.364 e. The molecule has 0 unspecified atom stereocenters. The first-order valence-electron chi connectivity index (χ1n) is 7.92. The van der Waals surface area contributed by atoms with Gasteiger partial charge in [-0.05, 0) is 29.7 Å². The number of carbonyl (C=O) groups is 1. The van der Waals surface area contributed by atoms with E-state index in [1.807, 2.05) is 0 Å². The van der Waals surface area contributed by atoms with Gasteiger partial charge in [0.15, 0.2) is 11.6 Å². The lowest BCUT2D eigenvalue weighted by molar-refractivity contribution is -0.114. The Labute approximate surface area is 155 Å². The average molecular weight is 395 g/mol. The molecule has 1 aromatic heterocycles. The smallest absolute Gasteiger partial charge is 0.271 e. The molecule has 6 nitrogen and oxygen atoms in total. The second kappa shape index (κ2) is 7.08. The zero-order chi connectivity index (χ0) is 18.9. The van der Waals surface area contributed by atoms with Crippen molar-refractivity contribution >= 4 is 50.3 Å². The van der Waals surface area contributed by atoms with Crippen molar-refractivity contribution < 1.29 is 17.6 Å². The maximum Gasteiger partial charge on any atom is 0.271 e. The summed E-state index contributed by atoms with van der Waals surface area (Å²) in [5.41, 5.74) is 0.944. The number of nitrogens with zero attached hydrogens (tertiary/aromatic N) is 1. The highest BCUT2D eigenvalue weighted by Crippen LogP contribution is 2.40. The van der Waals surface area contributed by atoms with Crippen LogP contribution in [0.5, 0.6) is 0 Å². The molecule has 3 rings (SSSR count). The maximum absolute atomic E-state index is 15.0. The number of thiophene rings is 1. The fourth-order valence-corrected chi connectivity index (χ4v) is 4.62. The van der Waals surface area contributed by atoms with Crippen LogP contribution in [-0.4, -0.2) is 27.9 Å². The summed E-state index contributed by atoms with van der Waals surface area (Å²) >= 11 is 1.07. The zero-order valence-electron chi connectivity index (χ0n) is 14.2. The van der Waals surface area contributed by atoms with E-state index in [-0.39, 0.29) is 33.4 Å². The number of fused-ring (bicyclic) bond motifs is 1. The van der Waals surface area contributed by atoms with Crippen LogP contribution in [0.25, 0.3) is 6.08 Å². The van der Waals surface area contributed by atoms with E-state index in [1.54, 1.807) is 36.4 Å².